The van der Waals surface area contributed by atoms with E-state index in [0.717, 1.165) is 134 Å². The van der Waals surface area contributed by atoms with E-state index in [-0.39, 0.29) is 43.1 Å². The van der Waals surface area contributed by atoms with Crippen LogP contribution in [0.2, 0.25) is 0 Å². The van der Waals surface area contributed by atoms with E-state index < -0.39 is 24.2 Å². The lowest BCUT2D eigenvalue weighted by molar-refractivity contribution is -0.137. The molecular weight excluding hydrogens is 1130 g/mol. The number of piperazine rings is 2. The Labute approximate surface area is 520 Å². The van der Waals surface area contributed by atoms with Gasteiger partial charge in [-0.3, -0.25) is 24.0 Å². The maximum Gasteiger partial charge on any atom is 0.303 e. The largest absolute Gasteiger partial charge is 0.481 e. The molecule has 0 bridgehead atoms. The number of carboxylic acid groups (broad SMARTS) is 1. The first-order valence-corrected chi connectivity index (χ1v) is 32.5. The fourth-order valence-electron chi connectivity index (χ4n) is 10.6. The van der Waals surface area contributed by atoms with Crippen molar-refractivity contribution in [2.45, 2.75) is 186 Å². The van der Waals surface area contributed by atoms with Crippen molar-refractivity contribution in [3.05, 3.63) is 23.8 Å². The van der Waals surface area contributed by atoms with Crippen molar-refractivity contribution in [3.8, 4) is 12.3 Å². The number of amides is 4. The van der Waals surface area contributed by atoms with Crippen LogP contribution in [-0.4, -0.2) is 219 Å². The Morgan fingerprint density at radius 2 is 1.10 bits per heavy atom. The summed E-state index contributed by atoms with van der Waals surface area (Å²) in [7, 11) is 0. The van der Waals surface area contributed by atoms with E-state index in [1.165, 1.54) is 9.36 Å². The number of terminal acetylenes is 1. The zero-order valence-corrected chi connectivity index (χ0v) is 52.7. The number of aryl methyl sites for hydroxylation is 2. The lowest BCUT2D eigenvalue weighted by Gasteiger charge is -2.36. The number of carbonyl (C=O) groups excluding carboxylic acids is 4. The van der Waals surface area contributed by atoms with Gasteiger partial charge in [-0.25, -0.2) is 9.36 Å². The highest BCUT2D eigenvalue weighted by Gasteiger charge is 2.29. The average molecular weight is 1230 g/mol. The number of aliphatic hydroxyl groups excluding tert-OH is 1. The van der Waals surface area contributed by atoms with E-state index in [2.05, 4.69) is 52.3 Å². The summed E-state index contributed by atoms with van der Waals surface area (Å²) >= 11 is 0. The highest BCUT2D eigenvalue weighted by atomic mass is 16.5. The molecule has 2 aliphatic heterocycles. The van der Waals surface area contributed by atoms with Gasteiger partial charge in [0.25, 0.3) is 0 Å². The summed E-state index contributed by atoms with van der Waals surface area (Å²) < 4.78 is 19.5. The van der Waals surface area contributed by atoms with Gasteiger partial charge in [0, 0.05) is 104 Å². The van der Waals surface area contributed by atoms with Gasteiger partial charge in [-0.05, 0) is 71.8 Å². The molecule has 492 valence electrons. The highest BCUT2D eigenvalue weighted by Crippen LogP contribution is 2.22. The van der Waals surface area contributed by atoms with Crippen LogP contribution in [0.1, 0.15) is 178 Å². The zero-order valence-electron chi connectivity index (χ0n) is 52.7. The topological polar surface area (TPSA) is 329 Å². The first kappa shape index (κ1) is 72.1. The summed E-state index contributed by atoms with van der Waals surface area (Å²) in [5, 5.41) is 44.9. The predicted molar refractivity (Wildman–Crippen MR) is 334 cm³/mol. The quantitative estimate of drug-likeness (QED) is 0.0337. The van der Waals surface area contributed by atoms with E-state index >= 15 is 0 Å². The molecule has 5 heterocycles. The van der Waals surface area contributed by atoms with Crippen LogP contribution in [-0.2, 0) is 44.6 Å². The molecule has 0 aliphatic carbocycles. The van der Waals surface area contributed by atoms with E-state index in [9.17, 15) is 34.2 Å². The second-order valence-electron chi connectivity index (χ2n) is 22.9. The first-order valence-electron chi connectivity index (χ1n) is 32.5. The number of ether oxygens (including phenoxy) is 3. The van der Waals surface area contributed by atoms with Gasteiger partial charge >= 0.3 is 5.97 Å². The van der Waals surface area contributed by atoms with Crippen LogP contribution in [0.5, 0.6) is 0 Å². The van der Waals surface area contributed by atoms with Gasteiger partial charge in [0.05, 0.1) is 50.5 Å². The number of aliphatic carboxylic acids is 1. The van der Waals surface area contributed by atoms with Crippen LogP contribution in [0.15, 0.2) is 12.4 Å². The van der Waals surface area contributed by atoms with E-state index in [1.54, 1.807) is 26.2 Å². The minimum Gasteiger partial charge on any atom is -0.481 e. The molecule has 3 aromatic heterocycles. The van der Waals surface area contributed by atoms with Crippen molar-refractivity contribution in [3.63, 3.8) is 0 Å². The number of nitrogens with one attached hydrogen (secondary N) is 3. The number of rotatable bonds is 48. The number of nitrogens with zero attached hydrogens (tertiary/aromatic N) is 13. The average Bonchev–Trinajstić information content (AvgIpc) is 4.04. The summed E-state index contributed by atoms with van der Waals surface area (Å²) in [4.78, 5) is 86.6. The molecule has 2 fully saturated rings. The van der Waals surface area contributed by atoms with Gasteiger partial charge < -0.3 is 65.7 Å². The minimum absolute atomic E-state index is 0.139. The predicted octanol–water partition coefficient (Wildman–Crippen LogP) is 4.41. The molecule has 3 atom stereocenters. The number of carboxylic acids is 1. The van der Waals surface area contributed by atoms with Crippen LogP contribution in [0.4, 0.5) is 17.8 Å². The number of nitrogens with two attached hydrogens (primary N) is 1. The molecular formula is C61H103N17O10. The molecule has 0 unspecified atom stereocenters. The monoisotopic (exact) mass is 1230 g/mol. The second-order valence-corrected chi connectivity index (χ2v) is 22.9. The Kier molecular flexibility index (Phi) is 35.4. The molecule has 3 aromatic rings. The highest BCUT2D eigenvalue weighted by molar-refractivity contribution is 5.81. The number of anilines is 3. The van der Waals surface area contributed by atoms with Crippen LogP contribution in [0.25, 0.3) is 0 Å². The van der Waals surface area contributed by atoms with Crippen LogP contribution in [0.3, 0.4) is 0 Å². The summed E-state index contributed by atoms with van der Waals surface area (Å²) in [6.45, 7) is 12.5. The number of aromatic nitrogens is 9. The number of unbranched alkanes of at least 4 members (excludes halogenated alkanes) is 16. The molecule has 27 nitrogen and oxygen atoms in total. The van der Waals surface area contributed by atoms with Gasteiger partial charge in [0.15, 0.2) is 6.04 Å². The molecule has 5 rings (SSSR count). The van der Waals surface area contributed by atoms with Crippen molar-refractivity contribution in [1.82, 2.24) is 65.4 Å². The molecule has 0 aromatic carbocycles. The molecule has 0 saturated carbocycles. The van der Waals surface area contributed by atoms with Gasteiger partial charge in [-0.15, -0.1) is 16.6 Å². The number of hydrogen-bond acceptors (Lipinski definition) is 20. The van der Waals surface area contributed by atoms with Crippen molar-refractivity contribution >= 4 is 47.4 Å². The Morgan fingerprint density at radius 1 is 0.602 bits per heavy atom. The third kappa shape index (κ3) is 28.3. The standard InChI is InChI=1S/C61H103N17O10/c1-4-41-86-43-45-88-46-44-87-42-32-65-59-66-60(68-61(67-59)76-39-35-74(36-40-76)54(81)26-20-14-10-6-8-12-16-23-31-64-58(85)56(50(3)79)78-47-49(2)69-71-78)75-37-33-73(34-38-75)53(80)25-19-13-9-5-7-11-15-22-30-63-57(84)52(27-28-55(82)83)77-48-51(70-72-77)24-18-17-21-29-62/h1,47-48,50,52,56,79H,5-46,62H2,2-3H3,(H,63,84)(H,64,85)(H,82,83)(H,65,66,67,68)/t50-,52-,56+/m0/s1. The van der Waals surface area contributed by atoms with E-state index in [1.807, 2.05) is 9.80 Å². The first-order chi connectivity index (χ1) is 42.9. The Bertz CT molecular complexity index is 2490. The molecule has 2 aliphatic rings. The summed E-state index contributed by atoms with van der Waals surface area (Å²) in [6, 6.07) is -1.53. The van der Waals surface area contributed by atoms with Gasteiger partial charge in [0.1, 0.15) is 12.6 Å². The zero-order chi connectivity index (χ0) is 63.0. The third-order valence-electron chi connectivity index (χ3n) is 15.7. The van der Waals surface area contributed by atoms with Crippen LogP contribution >= 0.6 is 0 Å². The second kappa shape index (κ2) is 43.1. The SMILES string of the molecule is C#CCOCCOCCOCCNc1nc(N2CCN(C(=O)CCCCCCCCCCNC(=O)[C@H](CCC(=O)O)n3cc(CCCCCN)nn3)CC2)nc(N2CCN(C(=O)CCCCCCCCCCNC(=O)[C@@H]([C@H](C)O)n3cc(C)nn3)CC2)n1. The summed E-state index contributed by atoms with van der Waals surface area (Å²) in [5.74, 6) is 2.81. The maximum atomic E-state index is 13.4. The Hall–Kier alpha value is -6.60. The molecule has 2 saturated heterocycles. The van der Waals surface area contributed by atoms with Crippen LogP contribution < -0.4 is 31.5 Å². The normalized spacial score (nSPS) is 14.6. The molecule has 0 spiro atoms. The van der Waals surface area contributed by atoms with Crippen LogP contribution in [0, 0.1) is 19.3 Å². The lowest BCUT2D eigenvalue weighted by atomic mass is 10.1. The van der Waals surface area contributed by atoms with Gasteiger partial charge in [0.2, 0.25) is 41.5 Å². The maximum absolute atomic E-state index is 13.4. The van der Waals surface area contributed by atoms with Crippen molar-refractivity contribution < 1.29 is 48.4 Å². The molecule has 7 N–H and O–H groups in total. The smallest absolute Gasteiger partial charge is 0.303 e. The Balaban J connectivity index is 0.957. The van der Waals surface area contributed by atoms with Gasteiger partial charge in [-0.2, -0.15) is 15.0 Å². The molecule has 0 radical (unpaired) electrons. The van der Waals surface area contributed by atoms with Crippen molar-refractivity contribution in [2.75, 3.05) is 133 Å². The molecule has 88 heavy (non-hydrogen) atoms. The number of aliphatic hydroxyl groups is 1. The summed E-state index contributed by atoms with van der Waals surface area (Å²) in [5.41, 5.74) is 7.06. The van der Waals surface area contributed by atoms with E-state index in [0.29, 0.717) is 148 Å². The minimum atomic E-state index is -0.960. The lowest BCUT2D eigenvalue weighted by Crippen LogP contribution is -2.50. The van der Waals surface area contributed by atoms with E-state index in [4.69, 9.17) is 41.3 Å². The third-order valence-corrected chi connectivity index (χ3v) is 15.7. The molecule has 27 heteroatoms. The summed E-state index contributed by atoms with van der Waals surface area (Å²) in [6.07, 6.45) is 28.3. The number of hydrogen-bond donors (Lipinski definition) is 6. The van der Waals surface area contributed by atoms with Gasteiger partial charge in [-0.1, -0.05) is 99.8 Å². The van der Waals surface area contributed by atoms with Crippen molar-refractivity contribution in [2.24, 2.45) is 5.73 Å². The fourth-order valence-corrected chi connectivity index (χ4v) is 10.6. The van der Waals surface area contributed by atoms with Crippen molar-refractivity contribution in [1.29, 1.82) is 0 Å². The Morgan fingerprint density at radius 3 is 1.61 bits per heavy atom. The number of carbonyl (C=O) groups is 5. The molecule has 4 amide bonds. The fraction of sp³-hybridized carbons (Fsp3) is 0.770.